The molecule has 0 radical (unpaired) electrons. The van der Waals surface area contributed by atoms with Crippen LogP contribution in [-0.4, -0.2) is 26.8 Å². The number of carbonyl (C=O) groups excluding carboxylic acids is 1. The van der Waals surface area contributed by atoms with Crippen molar-refractivity contribution >= 4 is 11.9 Å². The zero-order valence-electron chi connectivity index (χ0n) is 13.4. The van der Waals surface area contributed by atoms with E-state index in [-0.39, 0.29) is 12.3 Å². The van der Waals surface area contributed by atoms with Crippen molar-refractivity contribution in [3.8, 4) is 5.69 Å². The van der Waals surface area contributed by atoms with Crippen LogP contribution in [0.2, 0.25) is 0 Å². The number of carboxylic acid groups (broad SMARTS) is 1. The number of benzene rings is 2. The predicted octanol–water partition coefficient (Wildman–Crippen LogP) is 2.82. The van der Waals surface area contributed by atoms with E-state index in [0.717, 1.165) is 11.3 Å². The van der Waals surface area contributed by atoms with Crippen LogP contribution in [0.5, 0.6) is 0 Å². The molecule has 0 bridgehead atoms. The molecule has 1 atom stereocenters. The number of para-hydroxylation sites is 1. The molecule has 3 aromatic rings. The Hall–Kier alpha value is -3.41. The molecule has 1 heterocycles. The predicted molar refractivity (Wildman–Crippen MR) is 92.5 cm³/mol. The monoisotopic (exact) mass is 335 g/mol. The van der Waals surface area contributed by atoms with Crippen molar-refractivity contribution in [2.24, 2.45) is 0 Å². The second-order valence-corrected chi connectivity index (χ2v) is 5.54. The Morgan fingerprint density at radius 1 is 1.04 bits per heavy atom. The normalized spacial score (nSPS) is 11.7. The number of hydrogen-bond donors (Lipinski definition) is 2. The van der Waals surface area contributed by atoms with Crippen molar-refractivity contribution in [3.63, 3.8) is 0 Å². The van der Waals surface area contributed by atoms with Crippen LogP contribution in [0, 0.1) is 0 Å². The summed E-state index contributed by atoms with van der Waals surface area (Å²) in [5.41, 5.74) is 1.95. The molecule has 0 fully saturated rings. The first-order valence-corrected chi connectivity index (χ1v) is 7.81. The molecular formula is C19H17N3O3. The van der Waals surface area contributed by atoms with Crippen molar-refractivity contribution in [1.82, 2.24) is 15.1 Å². The molecule has 1 amide bonds. The number of nitrogens with one attached hydrogen (secondary N) is 1. The van der Waals surface area contributed by atoms with Gasteiger partial charge >= 0.3 is 5.97 Å². The first kappa shape index (κ1) is 16.4. The summed E-state index contributed by atoms with van der Waals surface area (Å²) in [6.07, 6.45) is 2.89. The van der Waals surface area contributed by atoms with Gasteiger partial charge in [0.1, 0.15) is 0 Å². The van der Waals surface area contributed by atoms with E-state index in [4.69, 9.17) is 5.11 Å². The molecule has 0 aliphatic heterocycles. The standard InChI is InChI=1S/C19H17N3O3/c23-18(24)11-17(14-7-3-1-4-8-14)21-19(25)15-12-20-22(13-15)16-9-5-2-6-10-16/h1-10,12-13,17H,11H2,(H,21,25)(H,23,24)/t17-/m1/s1. The fourth-order valence-corrected chi connectivity index (χ4v) is 2.52. The van der Waals surface area contributed by atoms with E-state index in [1.165, 1.54) is 6.20 Å². The molecule has 0 aliphatic carbocycles. The third-order valence-electron chi connectivity index (χ3n) is 3.75. The lowest BCUT2D eigenvalue weighted by Gasteiger charge is -2.16. The van der Waals surface area contributed by atoms with Gasteiger partial charge in [-0.25, -0.2) is 4.68 Å². The average Bonchev–Trinajstić information content (AvgIpc) is 3.12. The molecule has 6 heteroatoms. The van der Waals surface area contributed by atoms with Gasteiger partial charge in [0.05, 0.1) is 29.9 Å². The molecule has 0 saturated heterocycles. The second-order valence-electron chi connectivity index (χ2n) is 5.54. The lowest BCUT2D eigenvalue weighted by atomic mass is 10.0. The van der Waals surface area contributed by atoms with Gasteiger partial charge in [0.15, 0.2) is 0 Å². The fourth-order valence-electron chi connectivity index (χ4n) is 2.52. The Morgan fingerprint density at radius 3 is 2.32 bits per heavy atom. The summed E-state index contributed by atoms with van der Waals surface area (Å²) in [4.78, 5) is 23.6. The molecule has 0 saturated carbocycles. The third-order valence-corrected chi connectivity index (χ3v) is 3.75. The van der Waals surface area contributed by atoms with Crippen molar-refractivity contribution in [1.29, 1.82) is 0 Å². The minimum absolute atomic E-state index is 0.192. The summed E-state index contributed by atoms with van der Waals surface area (Å²) < 4.78 is 1.60. The Bertz CT molecular complexity index is 860. The lowest BCUT2D eigenvalue weighted by Crippen LogP contribution is -2.30. The molecular weight excluding hydrogens is 318 g/mol. The maximum atomic E-state index is 12.5. The molecule has 126 valence electrons. The highest BCUT2D eigenvalue weighted by atomic mass is 16.4. The van der Waals surface area contributed by atoms with Crippen LogP contribution >= 0.6 is 0 Å². The van der Waals surface area contributed by atoms with Gasteiger partial charge in [-0.2, -0.15) is 5.10 Å². The minimum Gasteiger partial charge on any atom is -0.481 e. The Kier molecular flexibility index (Phi) is 4.89. The first-order chi connectivity index (χ1) is 12.1. The molecule has 6 nitrogen and oxygen atoms in total. The van der Waals surface area contributed by atoms with Gasteiger partial charge in [0, 0.05) is 6.20 Å². The van der Waals surface area contributed by atoms with Crippen LogP contribution in [0.25, 0.3) is 5.69 Å². The van der Waals surface area contributed by atoms with E-state index in [0.29, 0.717) is 5.56 Å². The van der Waals surface area contributed by atoms with E-state index in [2.05, 4.69) is 10.4 Å². The topological polar surface area (TPSA) is 84.2 Å². The summed E-state index contributed by atoms with van der Waals surface area (Å²) in [5, 5.41) is 16.1. The number of rotatable bonds is 6. The highest BCUT2D eigenvalue weighted by Gasteiger charge is 2.19. The van der Waals surface area contributed by atoms with Gasteiger partial charge in [-0.15, -0.1) is 0 Å². The van der Waals surface area contributed by atoms with Crippen LogP contribution in [-0.2, 0) is 4.79 Å². The Labute approximate surface area is 144 Å². The van der Waals surface area contributed by atoms with Crippen LogP contribution < -0.4 is 5.32 Å². The van der Waals surface area contributed by atoms with Crippen molar-refractivity contribution in [2.45, 2.75) is 12.5 Å². The lowest BCUT2D eigenvalue weighted by molar-refractivity contribution is -0.137. The van der Waals surface area contributed by atoms with Gasteiger partial charge in [-0.1, -0.05) is 48.5 Å². The summed E-state index contributed by atoms with van der Waals surface area (Å²) in [6, 6.07) is 17.9. The molecule has 0 unspecified atom stereocenters. The second kappa shape index (κ2) is 7.44. The number of amides is 1. The van der Waals surface area contributed by atoms with Gasteiger partial charge in [-0.05, 0) is 17.7 Å². The Balaban J connectivity index is 1.78. The zero-order chi connectivity index (χ0) is 17.6. The molecule has 1 aromatic heterocycles. The number of nitrogens with zero attached hydrogens (tertiary/aromatic N) is 2. The van der Waals surface area contributed by atoms with E-state index >= 15 is 0 Å². The van der Waals surface area contributed by atoms with Crippen LogP contribution in [0.4, 0.5) is 0 Å². The van der Waals surface area contributed by atoms with E-state index in [1.807, 2.05) is 48.5 Å². The third kappa shape index (κ3) is 4.11. The average molecular weight is 335 g/mol. The maximum Gasteiger partial charge on any atom is 0.305 e. The van der Waals surface area contributed by atoms with Gasteiger partial charge in [-0.3, -0.25) is 9.59 Å². The fraction of sp³-hybridized carbons (Fsp3) is 0.105. The number of aliphatic carboxylic acids is 1. The molecule has 0 spiro atoms. The van der Waals surface area contributed by atoms with Crippen LogP contribution in [0.15, 0.2) is 73.1 Å². The summed E-state index contributed by atoms with van der Waals surface area (Å²) in [5.74, 6) is -1.34. The molecule has 25 heavy (non-hydrogen) atoms. The van der Waals surface area contributed by atoms with E-state index in [9.17, 15) is 9.59 Å². The van der Waals surface area contributed by atoms with Gasteiger partial charge < -0.3 is 10.4 Å². The van der Waals surface area contributed by atoms with Gasteiger partial charge in [0.25, 0.3) is 5.91 Å². The van der Waals surface area contributed by atoms with Crippen LogP contribution in [0.3, 0.4) is 0 Å². The van der Waals surface area contributed by atoms with E-state index < -0.39 is 12.0 Å². The zero-order valence-corrected chi connectivity index (χ0v) is 13.4. The van der Waals surface area contributed by atoms with Crippen molar-refractivity contribution in [2.75, 3.05) is 0 Å². The number of hydrogen-bond acceptors (Lipinski definition) is 3. The number of carboxylic acids is 1. The van der Waals surface area contributed by atoms with Crippen LogP contribution in [0.1, 0.15) is 28.4 Å². The SMILES string of the molecule is O=C(O)C[C@@H](NC(=O)c1cnn(-c2ccccc2)c1)c1ccccc1. The minimum atomic E-state index is -0.978. The number of carbonyl (C=O) groups is 2. The molecule has 3 rings (SSSR count). The summed E-state index contributed by atoms with van der Waals surface area (Å²) in [7, 11) is 0. The quantitative estimate of drug-likeness (QED) is 0.725. The van der Waals surface area contributed by atoms with Crippen molar-refractivity contribution in [3.05, 3.63) is 84.2 Å². The van der Waals surface area contributed by atoms with E-state index in [1.54, 1.807) is 23.0 Å². The molecule has 2 aromatic carbocycles. The summed E-state index contributed by atoms with van der Waals surface area (Å²) in [6.45, 7) is 0. The maximum absolute atomic E-state index is 12.5. The first-order valence-electron chi connectivity index (χ1n) is 7.81. The highest BCUT2D eigenvalue weighted by molar-refractivity contribution is 5.94. The highest BCUT2D eigenvalue weighted by Crippen LogP contribution is 2.17. The number of aromatic nitrogens is 2. The molecule has 0 aliphatic rings. The van der Waals surface area contributed by atoms with Gasteiger partial charge in [0.2, 0.25) is 0 Å². The largest absolute Gasteiger partial charge is 0.481 e. The smallest absolute Gasteiger partial charge is 0.305 e. The Morgan fingerprint density at radius 2 is 1.68 bits per heavy atom. The summed E-state index contributed by atoms with van der Waals surface area (Å²) >= 11 is 0. The van der Waals surface area contributed by atoms with Crippen molar-refractivity contribution < 1.29 is 14.7 Å². The molecule has 2 N–H and O–H groups in total.